The highest BCUT2D eigenvalue weighted by molar-refractivity contribution is 5.92. The number of amides is 2. The highest BCUT2D eigenvalue weighted by Crippen LogP contribution is 2.20. The van der Waals surface area contributed by atoms with E-state index in [1.54, 1.807) is 6.07 Å². The minimum Gasteiger partial charge on any atom is -0.350 e. The van der Waals surface area contributed by atoms with Crippen molar-refractivity contribution in [2.45, 2.75) is 12.8 Å². The van der Waals surface area contributed by atoms with Crippen molar-refractivity contribution in [3.8, 4) is 11.3 Å². The van der Waals surface area contributed by atoms with Crippen molar-refractivity contribution in [2.24, 2.45) is 5.92 Å². The summed E-state index contributed by atoms with van der Waals surface area (Å²) in [6.07, 6.45) is 1.30. The highest BCUT2D eigenvalue weighted by Gasteiger charge is 2.29. The van der Waals surface area contributed by atoms with Crippen molar-refractivity contribution in [3.05, 3.63) is 78.1 Å². The van der Waals surface area contributed by atoms with Crippen LogP contribution in [0, 0.1) is 5.92 Å². The molecule has 148 valence electrons. The first-order chi connectivity index (χ1) is 14.2. The molecule has 1 aliphatic heterocycles. The van der Waals surface area contributed by atoms with Crippen LogP contribution < -0.4 is 5.32 Å². The van der Waals surface area contributed by atoms with E-state index in [4.69, 9.17) is 4.52 Å². The normalized spacial score (nSPS) is 16.2. The molecule has 1 fully saturated rings. The molecule has 2 amide bonds. The van der Waals surface area contributed by atoms with Gasteiger partial charge in [0.15, 0.2) is 0 Å². The Morgan fingerprint density at radius 2 is 1.83 bits per heavy atom. The topological polar surface area (TPSA) is 75.4 Å². The molecule has 4 rings (SSSR count). The zero-order valence-corrected chi connectivity index (χ0v) is 16.1. The second kappa shape index (κ2) is 8.73. The van der Waals surface area contributed by atoms with E-state index >= 15 is 0 Å². The fourth-order valence-electron chi connectivity index (χ4n) is 3.57. The average molecular weight is 389 g/mol. The van der Waals surface area contributed by atoms with Gasteiger partial charge in [-0.3, -0.25) is 9.59 Å². The van der Waals surface area contributed by atoms with Crippen LogP contribution in [0.15, 0.2) is 71.3 Å². The zero-order chi connectivity index (χ0) is 20.1. The Kier molecular flexibility index (Phi) is 5.70. The number of carbonyl (C=O) groups excluding carboxylic acids is 2. The van der Waals surface area contributed by atoms with Gasteiger partial charge in [-0.25, -0.2) is 0 Å². The van der Waals surface area contributed by atoms with Gasteiger partial charge >= 0.3 is 0 Å². The number of nitrogens with zero attached hydrogens (tertiary/aromatic N) is 2. The summed E-state index contributed by atoms with van der Waals surface area (Å²) in [6.45, 7) is 1.81. The molecule has 1 atom stereocenters. The van der Waals surface area contributed by atoms with Gasteiger partial charge in [0.05, 0.1) is 0 Å². The number of aromatic nitrogens is 1. The van der Waals surface area contributed by atoms with Gasteiger partial charge < -0.3 is 14.7 Å². The zero-order valence-electron chi connectivity index (χ0n) is 16.1. The number of benzene rings is 2. The van der Waals surface area contributed by atoms with E-state index in [-0.39, 0.29) is 23.5 Å². The summed E-state index contributed by atoms with van der Waals surface area (Å²) in [5.74, 6) is 0.119. The van der Waals surface area contributed by atoms with E-state index in [1.165, 1.54) is 5.56 Å². The molecule has 0 bridgehead atoms. The van der Waals surface area contributed by atoms with E-state index in [2.05, 4.69) is 22.6 Å². The van der Waals surface area contributed by atoms with Crippen LogP contribution in [0.4, 0.5) is 0 Å². The van der Waals surface area contributed by atoms with Crippen LogP contribution in [0.1, 0.15) is 22.5 Å². The van der Waals surface area contributed by atoms with E-state index < -0.39 is 0 Å². The quantitative estimate of drug-likeness (QED) is 0.674. The molecule has 1 saturated heterocycles. The lowest BCUT2D eigenvalue weighted by molar-refractivity contribution is -0.127. The number of carbonyl (C=O) groups is 2. The molecule has 1 aromatic heterocycles. The van der Waals surface area contributed by atoms with E-state index in [0.29, 0.717) is 31.7 Å². The Balaban J connectivity index is 1.27. The summed E-state index contributed by atoms with van der Waals surface area (Å²) in [5, 5.41) is 6.84. The Labute approximate surface area is 169 Å². The van der Waals surface area contributed by atoms with Gasteiger partial charge in [0.1, 0.15) is 5.69 Å². The van der Waals surface area contributed by atoms with Gasteiger partial charge in [-0.1, -0.05) is 65.8 Å². The van der Waals surface area contributed by atoms with Crippen LogP contribution in [0.5, 0.6) is 0 Å². The third-order valence-electron chi connectivity index (χ3n) is 5.16. The van der Waals surface area contributed by atoms with Crippen molar-refractivity contribution in [1.29, 1.82) is 0 Å². The van der Waals surface area contributed by atoms with Gasteiger partial charge in [0, 0.05) is 43.6 Å². The fourth-order valence-corrected chi connectivity index (χ4v) is 3.57. The van der Waals surface area contributed by atoms with Crippen LogP contribution in [-0.2, 0) is 11.2 Å². The van der Waals surface area contributed by atoms with E-state index in [1.807, 2.05) is 53.4 Å². The summed E-state index contributed by atoms with van der Waals surface area (Å²) >= 11 is 0. The Morgan fingerprint density at radius 1 is 1.10 bits per heavy atom. The van der Waals surface area contributed by atoms with Crippen LogP contribution in [0.2, 0.25) is 0 Å². The molecule has 0 radical (unpaired) electrons. The molecular formula is C23H23N3O3. The molecule has 2 heterocycles. The minimum atomic E-state index is -0.310. The lowest BCUT2D eigenvalue weighted by Gasteiger charge is -2.16. The van der Waals surface area contributed by atoms with Gasteiger partial charge in [0.2, 0.25) is 11.7 Å². The molecule has 2 aromatic carbocycles. The van der Waals surface area contributed by atoms with Gasteiger partial charge in [-0.05, 0) is 12.0 Å². The van der Waals surface area contributed by atoms with Gasteiger partial charge in [-0.2, -0.15) is 0 Å². The average Bonchev–Trinajstić information content (AvgIpc) is 3.39. The van der Waals surface area contributed by atoms with Gasteiger partial charge in [0.25, 0.3) is 5.91 Å². The van der Waals surface area contributed by atoms with E-state index in [9.17, 15) is 9.59 Å². The third kappa shape index (κ3) is 4.71. The molecule has 0 aliphatic carbocycles. The fraction of sp³-hybridized carbons (Fsp3) is 0.261. The Bertz CT molecular complexity index is 969. The molecule has 6 heteroatoms. The maximum absolute atomic E-state index is 12.4. The molecule has 0 saturated carbocycles. The summed E-state index contributed by atoms with van der Waals surface area (Å²) in [5.41, 5.74) is 2.74. The van der Waals surface area contributed by atoms with Crippen molar-refractivity contribution in [2.75, 3.05) is 19.6 Å². The first kappa shape index (κ1) is 18.9. The summed E-state index contributed by atoms with van der Waals surface area (Å²) in [7, 11) is 0. The SMILES string of the molecule is O=C(NC[C@@H]1CC(=O)N(CCc2ccccc2)C1)c1cc(-c2ccccc2)no1. The number of hydrogen-bond donors (Lipinski definition) is 1. The molecule has 1 aliphatic rings. The number of rotatable bonds is 7. The summed E-state index contributed by atoms with van der Waals surface area (Å²) in [6, 6.07) is 21.3. The number of nitrogens with one attached hydrogen (secondary N) is 1. The second-order valence-electron chi connectivity index (χ2n) is 7.30. The second-order valence-corrected chi connectivity index (χ2v) is 7.30. The highest BCUT2D eigenvalue weighted by atomic mass is 16.5. The first-order valence-electron chi connectivity index (χ1n) is 9.81. The smallest absolute Gasteiger partial charge is 0.289 e. The van der Waals surface area contributed by atoms with Crippen LogP contribution in [-0.4, -0.2) is 41.5 Å². The number of hydrogen-bond acceptors (Lipinski definition) is 4. The maximum atomic E-state index is 12.4. The maximum Gasteiger partial charge on any atom is 0.289 e. The van der Waals surface area contributed by atoms with Crippen molar-refractivity contribution >= 4 is 11.8 Å². The van der Waals surface area contributed by atoms with Crippen molar-refractivity contribution in [3.63, 3.8) is 0 Å². The molecule has 0 spiro atoms. The predicted octanol–water partition coefficient (Wildman–Crippen LogP) is 3.16. The minimum absolute atomic E-state index is 0.110. The van der Waals surface area contributed by atoms with Crippen LogP contribution >= 0.6 is 0 Å². The standard InChI is InChI=1S/C23H23N3O3/c27-22-13-18(16-26(22)12-11-17-7-3-1-4-8-17)15-24-23(28)21-14-20(25-29-21)19-9-5-2-6-10-19/h1-10,14,18H,11-13,15-16H2,(H,24,28)/t18-/m0/s1. The largest absolute Gasteiger partial charge is 0.350 e. The first-order valence-corrected chi connectivity index (χ1v) is 9.81. The number of likely N-dealkylation sites (tertiary alicyclic amines) is 1. The molecule has 3 aromatic rings. The lowest BCUT2D eigenvalue weighted by atomic mass is 10.1. The summed E-state index contributed by atoms with van der Waals surface area (Å²) < 4.78 is 5.19. The monoisotopic (exact) mass is 389 g/mol. The van der Waals surface area contributed by atoms with Crippen LogP contribution in [0.3, 0.4) is 0 Å². The van der Waals surface area contributed by atoms with Crippen molar-refractivity contribution < 1.29 is 14.1 Å². The van der Waals surface area contributed by atoms with E-state index in [0.717, 1.165) is 12.0 Å². The predicted molar refractivity (Wildman–Crippen MR) is 109 cm³/mol. The summed E-state index contributed by atoms with van der Waals surface area (Å²) in [4.78, 5) is 26.5. The third-order valence-corrected chi connectivity index (χ3v) is 5.16. The molecular weight excluding hydrogens is 366 g/mol. The Morgan fingerprint density at radius 3 is 2.59 bits per heavy atom. The Hall–Kier alpha value is -3.41. The van der Waals surface area contributed by atoms with Gasteiger partial charge in [-0.15, -0.1) is 0 Å². The molecule has 1 N–H and O–H groups in total. The molecule has 29 heavy (non-hydrogen) atoms. The van der Waals surface area contributed by atoms with Crippen LogP contribution in [0.25, 0.3) is 11.3 Å². The van der Waals surface area contributed by atoms with Crippen molar-refractivity contribution in [1.82, 2.24) is 15.4 Å². The lowest BCUT2D eigenvalue weighted by Crippen LogP contribution is -2.31. The molecule has 0 unspecified atom stereocenters. The molecule has 6 nitrogen and oxygen atoms in total.